The molecule has 4 nitrogen and oxygen atoms in total. The lowest BCUT2D eigenvalue weighted by Crippen LogP contribution is -2.47. The summed E-state index contributed by atoms with van der Waals surface area (Å²) in [5.41, 5.74) is 1.94. The van der Waals surface area contributed by atoms with Crippen LogP contribution < -0.4 is 0 Å². The molecule has 1 aromatic rings. The first-order chi connectivity index (χ1) is 7.66. The van der Waals surface area contributed by atoms with Crippen LogP contribution in [0.2, 0.25) is 0 Å². The van der Waals surface area contributed by atoms with E-state index < -0.39 is 0 Å². The number of hydrogen-bond acceptors (Lipinski definition) is 3. The maximum Gasteiger partial charge on any atom is 0.147 e. The molecule has 86 valence electrons. The number of nitrogens with one attached hydrogen (secondary N) is 1. The van der Waals surface area contributed by atoms with Crippen molar-refractivity contribution in [3.05, 3.63) is 29.6 Å². The fourth-order valence-corrected chi connectivity index (χ4v) is 1.86. The van der Waals surface area contributed by atoms with Gasteiger partial charge in [-0.05, 0) is 31.7 Å². The molecule has 0 radical (unpaired) electrons. The van der Waals surface area contributed by atoms with Gasteiger partial charge >= 0.3 is 0 Å². The zero-order chi connectivity index (χ0) is 11.5. The van der Waals surface area contributed by atoms with Crippen molar-refractivity contribution in [2.75, 3.05) is 33.2 Å². The number of piperazine rings is 1. The molecule has 0 saturated carbocycles. The van der Waals surface area contributed by atoms with E-state index in [4.69, 9.17) is 5.41 Å². The summed E-state index contributed by atoms with van der Waals surface area (Å²) >= 11 is 0. The van der Waals surface area contributed by atoms with Crippen LogP contribution >= 0.6 is 0 Å². The Hall–Kier alpha value is -1.42. The number of hydrogen-bond donors (Lipinski definition) is 1. The Labute approximate surface area is 96.4 Å². The van der Waals surface area contributed by atoms with Crippen LogP contribution in [-0.2, 0) is 0 Å². The third kappa shape index (κ3) is 2.39. The monoisotopic (exact) mass is 218 g/mol. The second-order valence-electron chi connectivity index (χ2n) is 4.36. The first-order valence-corrected chi connectivity index (χ1v) is 5.62. The van der Waals surface area contributed by atoms with Crippen molar-refractivity contribution in [3.63, 3.8) is 0 Å². The highest BCUT2D eigenvalue weighted by molar-refractivity contribution is 5.94. The van der Waals surface area contributed by atoms with Gasteiger partial charge in [-0.2, -0.15) is 0 Å². The summed E-state index contributed by atoms with van der Waals surface area (Å²) in [7, 11) is 2.12. The summed E-state index contributed by atoms with van der Waals surface area (Å²) in [6.45, 7) is 5.92. The summed E-state index contributed by atoms with van der Waals surface area (Å²) in [5, 5.41) is 8.13. The number of aryl methyl sites for hydroxylation is 1. The molecule has 1 aliphatic rings. The molecule has 0 aliphatic carbocycles. The van der Waals surface area contributed by atoms with Crippen LogP contribution in [0.1, 0.15) is 11.3 Å². The van der Waals surface area contributed by atoms with Gasteiger partial charge in [0.2, 0.25) is 0 Å². The lowest BCUT2D eigenvalue weighted by Gasteiger charge is -2.33. The lowest BCUT2D eigenvalue weighted by molar-refractivity contribution is 0.215. The van der Waals surface area contributed by atoms with E-state index in [0.717, 1.165) is 37.4 Å². The van der Waals surface area contributed by atoms with Crippen LogP contribution in [-0.4, -0.2) is 53.8 Å². The highest BCUT2D eigenvalue weighted by atomic mass is 15.3. The largest absolute Gasteiger partial charge is 0.353 e. The minimum atomic E-state index is 0.553. The van der Waals surface area contributed by atoms with Crippen LogP contribution in [0.4, 0.5) is 0 Å². The molecule has 1 N–H and O–H groups in total. The molecule has 0 amide bonds. The molecule has 0 atom stereocenters. The maximum absolute atomic E-state index is 8.13. The molecule has 0 aromatic carbocycles. The molecule has 1 saturated heterocycles. The molecule has 4 heteroatoms. The molecule has 1 aromatic heterocycles. The first-order valence-electron chi connectivity index (χ1n) is 5.62. The predicted molar refractivity (Wildman–Crippen MR) is 64.9 cm³/mol. The SMILES string of the molecule is Cc1ccnc(C(=N)N2CCN(C)CC2)c1. The highest BCUT2D eigenvalue weighted by Gasteiger charge is 2.18. The van der Waals surface area contributed by atoms with Gasteiger partial charge in [-0.15, -0.1) is 0 Å². The zero-order valence-electron chi connectivity index (χ0n) is 9.90. The van der Waals surface area contributed by atoms with Crippen molar-refractivity contribution < 1.29 is 0 Å². The molecular weight excluding hydrogens is 200 g/mol. The van der Waals surface area contributed by atoms with Gasteiger partial charge in [-0.25, -0.2) is 0 Å². The number of aromatic nitrogens is 1. The molecule has 1 aliphatic heterocycles. The minimum Gasteiger partial charge on any atom is -0.353 e. The first kappa shape index (κ1) is 11.1. The fourth-order valence-electron chi connectivity index (χ4n) is 1.86. The molecule has 16 heavy (non-hydrogen) atoms. The Balaban J connectivity index is 2.08. The van der Waals surface area contributed by atoms with Gasteiger partial charge in [0.25, 0.3) is 0 Å². The summed E-state index contributed by atoms with van der Waals surface area (Å²) in [5.74, 6) is 0.553. The Morgan fingerprint density at radius 1 is 1.31 bits per heavy atom. The van der Waals surface area contributed by atoms with Crippen molar-refractivity contribution in [3.8, 4) is 0 Å². The second kappa shape index (κ2) is 4.61. The molecule has 2 heterocycles. The van der Waals surface area contributed by atoms with Crippen LogP contribution in [0.15, 0.2) is 18.3 Å². The predicted octanol–water partition coefficient (Wildman–Crippen LogP) is 0.963. The standard InChI is InChI=1S/C12H18N4/c1-10-3-4-14-11(9-10)12(13)16-7-5-15(2)6-8-16/h3-4,9,13H,5-8H2,1-2H3. The van der Waals surface area contributed by atoms with Crippen molar-refractivity contribution in [2.24, 2.45) is 0 Å². The average Bonchev–Trinajstić information content (AvgIpc) is 2.29. The molecule has 2 rings (SSSR count). The summed E-state index contributed by atoms with van der Waals surface area (Å²) in [6.07, 6.45) is 1.77. The summed E-state index contributed by atoms with van der Waals surface area (Å²) in [4.78, 5) is 8.64. The van der Waals surface area contributed by atoms with Gasteiger partial charge in [-0.1, -0.05) is 0 Å². The minimum absolute atomic E-state index is 0.553. The quantitative estimate of drug-likeness (QED) is 0.564. The van der Waals surface area contributed by atoms with E-state index >= 15 is 0 Å². The third-order valence-electron chi connectivity index (χ3n) is 2.98. The normalized spacial score (nSPS) is 17.5. The van der Waals surface area contributed by atoms with E-state index in [-0.39, 0.29) is 0 Å². The van der Waals surface area contributed by atoms with Crippen LogP contribution in [0.25, 0.3) is 0 Å². The maximum atomic E-state index is 8.13. The van der Waals surface area contributed by atoms with Crippen molar-refractivity contribution in [2.45, 2.75) is 6.92 Å². The van der Waals surface area contributed by atoms with E-state index in [1.165, 1.54) is 0 Å². The summed E-state index contributed by atoms with van der Waals surface area (Å²) in [6, 6.07) is 3.93. The smallest absolute Gasteiger partial charge is 0.147 e. The van der Waals surface area contributed by atoms with Gasteiger partial charge in [0.15, 0.2) is 0 Å². The van der Waals surface area contributed by atoms with Crippen LogP contribution in [0.5, 0.6) is 0 Å². The van der Waals surface area contributed by atoms with E-state index in [9.17, 15) is 0 Å². The molecular formula is C12H18N4. The van der Waals surface area contributed by atoms with Gasteiger partial charge < -0.3 is 9.80 Å². The van der Waals surface area contributed by atoms with Crippen LogP contribution in [0.3, 0.4) is 0 Å². The van der Waals surface area contributed by atoms with Gasteiger partial charge in [0, 0.05) is 32.4 Å². The summed E-state index contributed by atoms with van der Waals surface area (Å²) < 4.78 is 0. The number of amidine groups is 1. The van der Waals surface area contributed by atoms with Gasteiger partial charge in [0.05, 0.1) is 0 Å². The Morgan fingerprint density at radius 2 is 2.00 bits per heavy atom. The third-order valence-corrected chi connectivity index (χ3v) is 2.98. The van der Waals surface area contributed by atoms with E-state index in [1.54, 1.807) is 6.20 Å². The van der Waals surface area contributed by atoms with Crippen molar-refractivity contribution >= 4 is 5.84 Å². The molecule has 0 spiro atoms. The Bertz CT molecular complexity index is 380. The topological polar surface area (TPSA) is 43.2 Å². The lowest BCUT2D eigenvalue weighted by atomic mass is 10.2. The second-order valence-corrected chi connectivity index (χ2v) is 4.36. The number of nitrogens with zero attached hydrogens (tertiary/aromatic N) is 3. The molecule has 0 unspecified atom stereocenters. The van der Waals surface area contributed by atoms with E-state index in [1.807, 2.05) is 19.1 Å². The van der Waals surface area contributed by atoms with Gasteiger partial charge in [-0.3, -0.25) is 10.4 Å². The zero-order valence-corrected chi connectivity index (χ0v) is 9.90. The highest BCUT2D eigenvalue weighted by Crippen LogP contribution is 2.07. The fraction of sp³-hybridized carbons (Fsp3) is 0.500. The van der Waals surface area contributed by atoms with E-state index in [2.05, 4.69) is 21.8 Å². The van der Waals surface area contributed by atoms with Crippen LogP contribution in [0, 0.1) is 12.3 Å². The number of pyridine rings is 1. The van der Waals surface area contributed by atoms with Gasteiger partial charge in [0.1, 0.15) is 11.5 Å². The van der Waals surface area contributed by atoms with E-state index in [0.29, 0.717) is 5.84 Å². The Morgan fingerprint density at radius 3 is 2.62 bits per heavy atom. The van der Waals surface area contributed by atoms with Crippen molar-refractivity contribution in [1.82, 2.24) is 14.8 Å². The average molecular weight is 218 g/mol. The Kier molecular flexibility index (Phi) is 3.19. The number of rotatable bonds is 1. The molecule has 1 fully saturated rings. The van der Waals surface area contributed by atoms with Crippen molar-refractivity contribution in [1.29, 1.82) is 5.41 Å². The molecule has 0 bridgehead atoms. The number of likely N-dealkylation sites (N-methyl/N-ethyl adjacent to an activating group) is 1.